The Morgan fingerprint density at radius 1 is 1.60 bits per heavy atom. The quantitative estimate of drug-likeness (QED) is 0.841. The molecule has 0 saturated carbocycles. The zero-order chi connectivity index (χ0) is 11.3. The van der Waals surface area contributed by atoms with Gasteiger partial charge in [0.15, 0.2) is 0 Å². The van der Waals surface area contributed by atoms with Crippen molar-refractivity contribution < 1.29 is 9.84 Å². The van der Waals surface area contributed by atoms with E-state index >= 15 is 0 Å². The maximum Gasteiger partial charge on any atom is 0.0622 e. The summed E-state index contributed by atoms with van der Waals surface area (Å²) in [7, 11) is 1.64. The molecule has 1 N–H and O–H groups in total. The van der Waals surface area contributed by atoms with Gasteiger partial charge in [-0.05, 0) is 25.0 Å². The van der Waals surface area contributed by atoms with Crippen molar-refractivity contribution in [3.63, 3.8) is 0 Å². The molecule has 1 rings (SSSR count). The van der Waals surface area contributed by atoms with Crippen molar-refractivity contribution in [1.82, 2.24) is 4.98 Å². The third kappa shape index (κ3) is 4.16. The molecule has 0 amide bonds. The van der Waals surface area contributed by atoms with Gasteiger partial charge in [0.25, 0.3) is 0 Å². The first kappa shape index (κ1) is 12.4. The Bertz CT molecular complexity index is 306. The number of hydrogen-bond acceptors (Lipinski definition) is 3. The summed E-state index contributed by atoms with van der Waals surface area (Å²) < 4.78 is 5.08. The fourth-order valence-electron chi connectivity index (χ4n) is 1.39. The second kappa shape index (κ2) is 6.05. The summed E-state index contributed by atoms with van der Waals surface area (Å²) >= 11 is 5.93. The number of halogens is 1. The minimum atomic E-state index is -0.431. The summed E-state index contributed by atoms with van der Waals surface area (Å²) in [5, 5.41) is 10.4. The number of aliphatic hydroxyl groups excluding tert-OH is 1. The fourth-order valence-corrected chi connectivity index (χ4v) is 1.58. The molecule has 1 aromatic heterocycles. The second-order valence-electron chi connectivity index (χ2n) is 3.61. The predicted octanol–water partition coefficient (Wildman–Crippen LogP) is 2.06. The highest BCUT2D eigenvalue weighted by Crippen LogP contribution is 2.17. The molecule has 0 radical (unpaired) electrons. The van der Waals surface area contributed by atoms with Crippen LogP contribution >= 0.6 is 11.6 Å². The van der Waals surface area contributed by atoms with Gasteiger partial charge in [0.1, 0.15) is 0 Å². The molecule has 1 aromatic rings. The fraction of sp³-hybridized carbons (Fsp3) is 0.545. The first-order valence-electron chi connectivity index (χ1n) is 4.92. The zero-order valence-corrected chi connectivity index (χ0v) is 9.74. The molecule has 0 aromatic carbocycles. The highest BCUT2D eigenvalue weighted by Gasteiger charge is 2.12. The number of pyridine rings is 1. The van der Waals surface area contributed by atoms with Gasteiger partial charge in [-0.3, -0.25) is 4.98 Å². The molecule has 0 aliphatic rings. The average molecular weight is 230 g/mol. The van der Waals surface area contributed by atoms with Gasteiger partial charge in [-0.15, -0.1) is 0 Å². The zero-order valence-electron chi connectivity index (χ0n) is 8.98. The van der Waals surface area contributed by atoms with Crippen molar-refractivity contribution >= 4 is 11.6 Å². The van der Waals surface area contributed by atoms with Crippen molar-refractivity contribution in [2.75, 3.05) is 7.11 Å². The van der Waals surface area contributed by atoms with Gasteiger partial charge in [0.2, 0.25) is 0 Å². The van der Waals surface area contributed by atoms with Crippen molar-refractivity contribution in [3.8, 4) is 0 Å². The second-order valence-corrected chi connectivity index (χ2v) is 4.01. The van der Waals surface area contributed by atoms with Crippen LogP contribution in [0.3, 0.4) is 0 Å². The molecule has 0 bridgehead atoms. The molecule has 0 fully saturated rings. The maximum atomic E-state index is 9.77. The molecule has 0 aliphatic carbocycles. The van der Waals surface area contributed by atoms with E-state index in [-0.39, 0.29) is 6.10 Å². The van der Waals surface area contributed by atoms with Gasteiger partial charge < -0.3 is 9.84 Å². The molecule has 15 heavy (non-hydrogen) atoms. The normalized spacial score (nSPS) is 14.9. The molecule has 0 aliphatic heterocycles. The monoisotopic (exact) mass is 229 g/mol. The Morgan fingerprint density at radius 2 is 2.33 bits per heavy atom. The SMILES string of the molecule is COC(C)CC(O)Cc1ccncc1Cl. The molecule has 2 atom stereocenters. The summed E-state index contributed by atoms with van der Waals surface area (Å²) in [6, 6.07) is 1.82. The van der Waals surface area contributed by atoms with Gasteiger partial charge in [-0.1, -0.05) is 11.6 Å². The number of aliphatic hydroxyl groups is 1. The highest BCUT2D eigenvalue weighted by atomic mass is 35.5. The Labute approximate surface area is 95.1 Å². The van der Waals surface area contributed by atoms with E-state index in [0.717, 1.165) is 5.56 Å². The third-order valence-electron chi connectivity index (χ3n) is 2.32. The van der Waals surface area contributed by atoms with Crippen LogP contribution in [0.15, 0.2) is 18.5 Å². The van der Waals surface area contributed by atoms with E-state index in [2.05, 4.69) is 4.98 Å². The smallest absolute Gasteiger partial charge is 0.0622 e. The third-order valence-corrected chi connectivity index (χ3v) is 2.66. The lowest BCUT2D eigenvalue weighted by Crippen LogP contribution is -2.19. The van der Waals surface area contributed by atoms with Crippen LogP contribution in [0.2, 0.25) is 5.02 Å². The first-order valence-corrected chi connectivity index (χ1v) is 5.30. The molecule has 4 heteroatoms. The van der Waals surface area contributed by atoms with E-state index in [1.807, 2.05) is 13.0 Å². The van der Waals surface area contributed by atoms with Gasteiger partial charge in [-0.2, -0.15) is 0 Å². The van der Waals surface area contributed by atoms with Gasteiger partial charge in [0.05, 0.1) is 17.2 Å². The molecule has 1 heterocycles. The van der Waals surface area contributed by atoms with E-state index in [1.165, 1.54) is 0 Å². The van der Waals surface area contributed by atoms with Crippen LogP contribution in [0, 0.1) is 0 Å². The number of hydrogen-bond donors (Lipinski definition) is 1. The Kier molecular flexibility index (Phi) is 5.02. The molecular weight excluding hydrogens is 214 g/mol. The lowest BCUT2D eigenvalue weighted by Gasteiger charge is -2.15. The van der Waals surface area contributed by atoms with Crippen LogP contribution in [0.1, 0.15) is 18.9 Å². The lowest BCUT2D eigenvalue weighted by atomic mass is 10.0. The van der Waals surface area contributed by atoms with Gasteiger partial charge >= 0.3 is 0 Å². The minimum Gasteiger partial charge on any atom is -0.393 e. The van der Waals surface area contributed by atoms with Crippen LogP contribution in [-0.2, 0) is 11.2 Å². The summed E-state index contributed by atoms with van der Waals surface area (Å²) in [4.78, 5) is 3.89. The van der Waals surface area contributed by atoms with Gasteiger partial charge in [0, 0.05) is 25.9 Å². The summed E-state index contributed by atoms with van der Waals surface area (Å²) in [6.07, 6.45) is 4.03. The minimum absolute atomic E-state index is 0.0561. The molecular formula is C11H16ClNO2. The topological polar surface area (TPSA) is 42.4 Å². The summed E-state index contributed by atoms with van der Waals surface area (Å²) in [6.45, 7) is 1.93. The number of rotatable bonds is 5. The van der Waals surface area contributed by atoms with Crippen molar-refractivity contribution in [2.45, 2.75) is 32.0 Å². The molecule has 84 valence electrons. The van der Waals surface area contributed by atoms with Crippen molar-refractivity contribution in [3.05, 3.63) is 29.0 Å². The van der Waals surface area contributed by atoms with Crippen LogP contribution in [0.4, 0.5) is 0 Å². The Morgan fingerprint density at radius 3 is 2.93 bits per heavy atom. The summed E-state index contributed by atoms with van der Waals surface area (Å²) in [5.41, 5.74) is 0.919. The van der Waals surface area contributed by atoms with E-state index in [4.69, 9.17) is 16.3 Å². The van der Waals surface area contributed by atoms with E-state index in [1.54, 1.807) is 19.5 Å². The molecule has 2 unspecified atom stereocenters. The highest BCUT2D eigenvalue weighted by molar-refractivity contribution is 6.31. The largest absolute Gasteiger partial charge is 0.393 e. The van der Waals surface area contributed by atoms with E-state index in [0.29, 0.717) is 17.9 Å². The van der Waals surface area contributed by atoms with E-state index in [9.17, 15) is 5.11 Å². The molecule has 0 spiro atoms. The van der Waals surface area contributed by atoms with Crippen LogP contribution < -0.4 is 0 Å². The van der Waals surface area contributed by atoms with Crippen LogP contribution in [0.5, 0.6) is 0 Å². The average Bonchev–Trinajstić information content (AvgIpc) is 2.21. The Hall–Kier alpha value is -0.640. The standard InChI is InChI=1S/C11H16ClNO2/c1-8(15-2)5-10(14)6-9-3-4-13-7-11(9)12/h3-4,7-8,10,14H,5-6H2,1-2H3. The van der Waals surface area contributed by atoms with E-state index < -0.39 is 6.10 Å². The van der Waals surface area contributed by atoms with Crippen molar-refractivity contribution in [1.29, 1.82) is 0 Å². The number of methoxy groups -OCH3 is 1. The van der Waals surface area contributed by atoms with Crippen LogP contribution in [-0.4, -0.2) is 29.4 Å². The lowest BCUT2D eigenvalue weighted by molar-refractivity contribution is 0.0565. The Balaban J connectivity index is 2.51. The number of aromatic nitrogens is 1. The first-order chi connectivity index (χ1) is 7.13. The predicted molar refractivity (Wildman–Crippen MR) is 60.0 cm³/mol. The van der Waals surface area contributed by atoms with Crippen molar-refractivity contribution in [2.24, 2.45) is 0 Å². The number of nitrogens with zero attached hydrogens (tertiary/aromatic N) is 1. The van der Waals surface area contributed by atoms with Gasteiger partial charge in [-0.25, -0.2) is 0 Å². The molecule has 3 nitrogen and oxygen atoms in total. The summed E-state index contributed by atoms with van der Waals surface area (Å²) in [5.74, 6) is 0. The van der Waals surface area contributed by atoms with Crippen LogP contribution in [0.25, 0.3) is 0 Å². The number of ether oxygens (including phenoxy) is 1. The molecule has 0 saturated heterocycles. The maximum absolute atomic E-state index is 9.77.